The van der Waals surface area contributed by atoms with Crippen molar-refractivity contribution in [2.45, 2.75) is 51.4 Å². The summed E-state index contributed by atoms with van der Waals surface area (Å²) in [6, 6.07) is 2.40. The van der Waals surface area contributed by atoms with E-state index in [9.17, 15) is 35.1 Å². The van der Waals surface area contributed by atoms with Crippen LogP contribution in [-0.4, -0.2) is 62.5 Å². The zero-order valence-corrected chi connectivity index (χ0v) is 22.0. The van der Waals surface area contributed by atoms with Crippen LogP contribution in [0.5, 0.6) is 0 Å². The van der Waals surface area contributed by atoms with E-state index in [4.69, 9.17) is 18.6 Å². The van der Waals surface area contributed by atoms with E-state index in [1.807, 2.05) is 27.7 Å². The SMILES string of the molecule is CC1(C)COB(c2ccc(C(F)(F)C(F)(F)C(F)(F)C(F)(F)c3ccc(B4OCC(C)(C)CO4)cn3)nc2)OC1. The molecule has 0 spiro atoms. The van der Waals surface area contributed by atoms with E-state index in [1.165, 1.54) is 0 Å². The summed E-state index contributed by atoms with van der Waals surface area (Å²) in [5, 5.41) is 0. The predicted molar refractivity (Wildman–Crippen MR) is 128 cm³/mol. The summed E-state index contributed by atoms with van der Waals surface area (Å²) in [7, 11) is -2.11. The van der Waals surface area contributed by atoms with Gasteiger partial charge in [0.15, 0.2) is 0 Å². The summed E-state index contributed by atoms with van der Waals surface area (Å²) in [4.78, 5) is 6.32. The van der Waals surface area contributed by atoms with Crippen LogP contribution in [0.25, 0.3) is 0 Å². The van der Waals surface area contributed by atoms with E-state index < -0.39 is 49.3 Å². The molecule has 4 heterocycles. The van der Waals surface area contributed by atoms with Gasteiger partial charge in [0.1, 0.15) is 11.4 Å². The number of nitrogens with zero attached hydrogens (tertiary/aromatic N) is 2. The van der Waals surface area contributed by atoms with Crippen LogP contribution in [0.4, 0.5) is 35.1 Å². The number of hydrogen-bond donors (Lipinski definition) is 0. The molecule has 16 heteroatoms. The van der Waals surface area contributed by atoms with Gasteiger partial charge in [0.05, 0.1) is 0 Å². The molecular weight excluding hydrogens is 554 g/mol. The van der Waals surface area contributed by atoms with Crippen molar-refractivity contribution in [2.75, 3.05) is 26.4 Å². The highest BCUT2D eigenvalue weighted by Crippen LogP contribution is 2.58. The first-order valence-corrected chi connectivity index (χ1v) is 12.2. The molecule has 2 saturated heterocycles. The highest BCUT2D eigenvalue weighted by atomic mass is 19.4. The predicted octanol–water partition coefficient (Wildman–Crippen LogP) is 4.17. The third-order valence-corrected chi connectivity index (χ3v) is 6.45. The first-order valence-electron chi connectivity index (χ1n) is 12.2. The number of hydrogen-bond acceptors (Lipinski definition) is 6. The topological polar surface area (TPSA) is 62.7 Å². The Morgan fingerprint density at radius 1 is 0.575 bits per heavy atom. The zero-order valence-electron chi connectivity index (χ0n) is 22.0. The molecule has 0 amide bonds. The number of rotatable bonds is 7. The Balaban J connectivity index is 1.53. The normalized spacial score (nSPS) is 20.5. The Bertz CT molecular complexity index is 1090. The van der Waals surface area contributed by atoms with Crippen LogP contribution in [0.3, 0.4) is 0 Å². The largest absolute Gasteiger partial charge is 0.495 e. The Labute approximate surface area is 226 Å². The Morgan fingerprint density at radius 3 is 1.12 bits per heavy atom. The van der Waals surface area contributed by atoms with Gasteiger partial charge in [-0.15, -0.1) is 0 Å². The van der Waals surface area contributed by atoms with Crippen molar-refractivity contribution in [2.24, 2.45) is 10.8 Å². The van der Waals surface area contributed by atoms with E-state index in [0.717, 1.165) is 12.1 Å². The molecule has 0 N–H and O–H groups in total. The first kappa shape index (κ1) is 30.7. The maximum absolute atomic E-state index is 14.8. The Hall–Kier alpha value is -2.29. The molecule has 218 valence electrons. The van der Waals surface area contributed by atoms with Gasteiger partial charge in [-0.05, 0) is 12.1 Å². The van der Waals surface area contributed by atoms with Crippen molar-refractivity contribution in [3.63, 3.8) is 0 Å². The second kappa shape index (κ2) is 10.2. The second-order valence-corrected chi connectivity index (χ2v) is 11.5. The maximum Gasteiger partial charge on any atom is 0.495 e. The maximum atomic E-state index is 14.8. The average Bonchev–Trinajstić information content (AvgIpc) is 2.88. The Morgan fingerprint density at radius 2 is 0.875 bits per heavy atom. The van der Waals surface area contributed by atoms with Gasteiger partial charge in [-0.25, -0.2) is 0 Å². The van der Waals surface area contributed by atoms with Gasteiger partial charge < -0.3 is 18.6 Å². The molecule has 0 saturated carbocycles. The molecule has 2 aliphatic rings. The molecular formula is C24H26B2F8N2O4. The number of halogens is 8. The van der Waals surface area contributed by atoms with Crippen molar-refractivity contribution < 1.29 is 53.7 Å². The first-order chi connectivity index (χ1) is 18.3. The lowest BCUT2D eigenvalue weighted by Crippen LogP contribution is -2.60. The minimum absolute atomic E-state index is 0.0502. The van der Waals surface area contributed by atoms with Gasteiger partial charge in [-0.2, -0.15) is 35.1 Å². The minimum atomic E-state index is -6.58. The van der Waals surface area contributed by atoms with E-state index in [-0.39, 0.29) is 48.2 Å². The molecule has 0 unspecified atom stereocenters. The van der Waals surface area contributed by atoms with Crippen molar-refractivity contribution in [1.82, 2.24) is 9.97 Å². The van der Waals surface area contributed by atoms with Crippen LogP contribution in [0.2, 0.25) is 0 Å². The summed E-state index contributed by atoms with van der Waals surface area (Å²) in [5.41, 5.74) is -4.25. The summed E-state index contributed by atoms with van der Waals surface area (Å²) in [6.07, 6.45) is 1.35. The molecule has 6 nitrogen and oxygen atoms in total. The van der Waals surface area contributed by atoms with Gasteiger partial charge >= 0.3 is 37.9 Å². The van der Waals surface area contributed by atoms with Crippen LogP contribution < -0.4 is 10.9 Å². The third kappa shape index (κ3) is 5.47. The Kier molecular flexibility index (Phi) is 7.83. The number of pyridine rings is 2. The molecule has 0 aromatic carbocycles. The van der Waals surface area contributed by atoms with Crippen molar-refractivity contribution >= 4 is 25.2 Å². The fourth-order valence-corrected chi connectivity index (χ4v) is 3.95. The zero-order chi connectivity index (χ0) is 29.8. The highest BCUT2D eigenvalue weighted by molar-refractivity contribution is 6.61. The highest BCUT2D eigenvalue weighted by Gasteiger charge is 2.82. The van der Waals surface area contributed by atoms with E-state index in [1.54, 1.807) is 0 Å². The van der Waals surface area contributed by atoms with E-state index in [0.29, 0.717) is 24.5 Å². The van der Waals surface area contributed by atoms with Crippen LogP contribution in [0, 0.1) is 10.8 Å². The molecule has 2 aliphatic heterocycles. The fraction of sp³-hybridized carbons (Fsp3) is 0.583. The molecule has 2 aromatic rings. The molecule has 2 aromatic heterocycles. The average molecular weight is 580 g/mol. The van der Waals surface area contributed by atoms with Crippen LogP contribution in [-0.2, 0) is 30.5 Å². The lowest BCUT2D eigenvalue weighted by atomic mass is 9.76. The van der Waals surface area contributed by atoms with Crippen LogP contribution >= 0.6 is 0 Å². The number of alkyl halides is 8. The van der Waals surface area contributed by atoms with Gasteiger partial charge in [0, 0.05) is 60.6 Å². The minimum Gasteiger partial charge on any atom is -0.407 e. The summed E-state index contributed by atoms with van der Waals surface area (Å²) < 4.78 is 140. The van der Waals surface area contributed by atoms with E-state index >= 15 is 0 Å². The standard InChI is InChI=1S/C24H26B2F8N2O4/c1-19(2)11-37-25(38-12-19)15-5-7-17(35-9-15)21(27,28)23(31,32)24(33,34)22(29,30)18-8-6-16(10-36-18)26-39-13-20(3,4)14-40-26/h5-10H,11-14H2,1-4H3. The fourth-order valence-electron chi connectivity index (χ4n) is 3.95. The molecule has 0 atom stereocenters. The van der Waals surface area contributed by atoms with Crippen LogP contribution in [0.15, 0.2) is 36.7 Å². The van der Waals surface area contributed by atoms with Gasteiger partial charge in [0.2, 0.25) is 0 Å². The smallest absolute Gasteiger partial charge is 0.407 e. The van der Waals surface area contributed by atoms with Crippen LogP contribution in [0.1, 0.15) is 39.1 Å². The van der Waals surface area contributed by atoms with Crippen molar-refractivity contribution in [3.05, 3.63) is 48.0 Å². The molecule has 0 aliphatic carbocycles. The summed E-state index contributed by atoms with van der Waals surface area (Å²) >= 11 is 0. The number of aromatic nitrogens is 2. The van der Waals surface area contributed by atoms with Gasteiger partial charge in [-0.3, -0.25) is 9.97 Å². The monoisotopic (exact) mass is 580 g/mol. The molecule has 4 rings (SSSR count). The van der Waals surface area contributed by atoms with E-state index in [2.05, 4.69) is 9.97 Å². The molecule has 2 fully saturated rings. The lowest BCUT2D eigenvalue weighted by molar-refractivity contribution is -0.376. The molecule has 0 radical (unpaired) electrons. The third-order valence-electron chi connectivity index (χ3n) is 6.45. The van der Waals surface area contributed by atoms with Gasteiger partial charge in [0.25, 0.3) is 0 Å². The molecule has 40 heavy (non-hydrogen) atoms. The molecule has 0 bridgehead atoms. The lowest BCUT2D eigenvalue weighted by Gasteiger charge is -2.36. The summed E-state index contributed by atoms with van der Waals surface area (Å²) in [6.45, 7) is 8.26. The summed E-state index contributed by atoms with van der Waals surface area (Å²) in [5.74, 6) is -24.8. The second-order valence-electron chi connectivity index (χ2n) is 11.5. The van der Waals surface area contributed by atoms with Gasteiger partial charge in [-0.1, -0.05) is 39.8 Å². The quantitative estimate of drug-likeness (QED) is 0.363. The van der Waals surface area contributed by atoms with Crippen molar-refractivity contribution in [1.29, 1.82) is 0 Å². The van der Waals surface area contributed by atoms with Crippen molar-refractivity contribution in [3.8, 4) is 0 Å².